The van der Waals surface area contributed by atoms with E-state index >= 15 is 0 Å². The van der Waals surface area contributed by atoms with Crippen LogP contribution in [-0.4, -0.2) is 22.5 Å². The van der Waals surface area contributed by atoms with E-state index < -0.39 is 0 Å². The van der Waals surface area contributed by atoms with Crippen LogP contribution < -0.4 is 4.90 Å². The van der Waals surface area contributed by atoms with Gasteiger partial charge in [0, 0.05) is 56.2 Å². The van der Waals surface area contributed by atoms with E-state index in [2.05, 4.69) is 71.8 Å². The standard InChI is InChI=1S/C29H26N3.Ir/c1-18-8-5-9-19(2)26(18)25-17-30-29-22-12-4-3-11-21(22)27-23-13-7-15-31-14-6-10-20(28(23)31)16-24(27)32(25)29;/h3-5,8-9,11,16-17H,6-7,10,13-15H2,1-2H3;/q-1;. The first-order valence-electron chi connectivity index (χ1n) is 11.8. The van der Waals surface area contributed by atoms with Crippen molar-refractivity contribution >= 4 is 33.0 Å². The second-order valence-corrected chi connectivity index (χ2v) is 9.48. The predicted molar refractivity (Wildman–Crippen MR) is 133 cm³/mol. The smallest absolute Gasteiger partial charge is 0.0639 e. The second-order valence-electron chi connectivity index (χ2n) is 9.48. The minimum absolute atomic E-state index is 0. The molecule has 0 saturated carbocycles. The maximum Gasteiger partial charge on any atom is 0.0639 e. The van der Waals surface area contributed by atoms with Crippen molar-refractivity contribution in [3.63, 3.8) is 0 Å². The quantitative estimate of drug-likeness (QED) is 0.162. The Labute approximate surface area is 207 Å². The summed E-state index contributed by atoms with van der Waals surface area (Å²) in [5, 5.41) is 3.82. The molecule has 0 fully saturated rings. The Morgan fingerprint density at radius 2 is 1.76 bits per heavy atom. The van der Waals surface area contributed by atoms with Gasteiger partial charge in [-0.3, -0.25) is 4.98 Å². The van der Waals surface area contributed by atoms with E-state index in [0.29, 0.717) is 0 Å². The van der Waals surface area contributed by atoms with Gasteiger partial charge in [0.1, 0.15) is 0 Å². The molecule has 0 bridgehead atoms. The molecule has 0 atom stereocenters. The average molecular weight is 609 g/mol. The SMILES string of the molecule is Cc1cccc(C)c1-c1cnc2c3[c-]cccc3c3c4c5c(cc3n12)CCCN5CCC4.[Ir]. The Kier molecular flexibility index (Phi) is 4.86. The normalized spacial score (nSPS) is 15.2. The van der Waals surface area contributed by atoms with Gasteiger partial charge in [-0.25, -0.2) is 0 Å². The van der Waals surface area contributed by atoms with Crippen LogP contribution >= 0.6 is 0 Å². The molecule has 1 radical (unpaired) electrons. The molecule has 4 heterocycles. The number of hydrogen-bond donors (Lipinski definition) is 0. The molecule has 2 aliphatic heterocycles. The van der Waals surface area contributed by atoms with Gasteiger partial charge in [-0.15, -0.1) is 29.7 Å². The van der Waals surface area contributed by atoms with E-state index in [0.717, 1.165) is 17.5 Å². The van der Waals surface area contributed by atoms with Gasteiger partial charge >= 0.3 is 0 Å². The zero-order valence-corrected chi connectivity index (χ0v) is 21.4. The number of hydrogen-bond acceptors (Lipinski definition) is 2. The van der Waals surface area contributed by atoms with Crippen molar-refractivity contribution in [3.8, 4) is 11.3 Å². The summed E-state index contributed by atoms with van der Waals surface area (Å²) in [5.74, 6) is 0. The Balaban J connectivity index is 0.00000206. The van der Waals surface area contributed by atoms with Gasteiger partial charge in [-0.2, -0.15) is 0 Å². The maximum absolute atomic E-state index is 4.97. The number of anilines is 1. The minimum Gasteiger partial charge on any atom is -0.371 e. The summed E-state index contributed by atoms with van der Waals surface area (Å²) in [7, 11) is 0. The number of aromatic nitrogens is 2. The van der Waals surface area contributed by atoms with Gasteiger partial charge in [0.15, 0.2) is 0 Å². The number of imidazole rings is 1. The summed E-state index contributed by atoms with van der Waals surface area (Å²) < 4.78 is 2.42. The van der Waals surface area contributed by atoms with Crippen LogP contribution in [0.4, 0.5) is 5.69 Å². The molecule has 0 unspecified atom stereocenters. The first-order valence-corrected chi connectivity index (χ1v) is 11.8. The predicted octanol–water partition coefficient (Wildman–Crippen LogP) is 6.42. The molecule has 0 spiro atoms. The van der Waals surface area contributed by atoms with Gasteiger partial charge in [-0.1, -0.05) is 23.6 Å². The third-order valence-electron chi connectivity index (χ3n) is 7.59. The van der Waals surface area contributed by atoms with Crippen molar-refractivity contribution in [3.05, 3.63) is 77.0 Å². The van der Waals surface area contributed by atoms with E-state index in [1.165, 1.54) is 87.8 Å². The molecule has 3 nitrogen and oxygen atoms in total. The van der Waals surface area contributed by atoms with Gasteiger partial charge in [-0.05, 0) is 73.2 Å². The van der Waals surface area contributed by atoms with E-state index in [4.69, 9.17) is 4.98 Å². The molecule has 33 heavy (non-hydrogen) atoms. The molecule has 2 aliphatic rings. The Bertz CT molecular complexity index is 1540. The summed E-state index contributed by atoms with van der Waals surface area (Å²) in [6.45, 7) is 6.80. The van der Waals surface area contributed by atoms with E-state index in [1.807, 2.05) is 6.07 Å². The number of rotatable bonds is 1. The van der Waals surface area contributed by atoms with Crippen molar-refractivity contribution in [2.45, 2.75) is 39.5 Å². The van der Waals surface area contributed by atoms with E-state index in [9.17, 15) is 0 Å². The van der Waals surface area contributed by atoms with Crippen LogP contribution in [0.2, 0.25) is 0 Å². The first-order chi connectivity index (χ1) is 15.7. The zero-order chi connectivity index (χ0) is 21.4. The second kappa shape index (κ2) is 7.68. The van der Waals surface area contributed by atoms with Crippen molar-refractivity contribution < 1.29 is 20.1 Å². The largest absolute Gasteiger partial charge is 0.371 e. The molecule has 3 aromatic carbocycles. The first kappa shape index (κ1) is 20.9. The third-order valence-corrected chi connectivity index (χ3v) is 7.59. The molecule has 0 N–H and O–H groups in total. The van der Waals surface area contributed by atoms with Crippen molar-refractivity contribution in [1.82, 2.24) is 9.38 Å². The van der Waals surface area contributed by atoms with E-state index in [1.54, 1.807) is 0 Å². The number of aryl methyl sites for hydroxylation is 4. The maximum atomic E-state index is 4.97. The summed E-state index contributed by atoms with van der Waals surface area (Å²) in [6, 6.07) is 19.0. The van der Waals surface area contributed by atoms with Crippen LogP contribution in [0.1, 0.15) is 35.1 Å². The number of fused-ring (bicyclic) bond motifs is 7. The monoisotopic (exact) mass is 609 g/mol. The number of benzene rings is 3. The molecule has 167 valence electrons. The average Bonchev–Trinajstić information content (AvgIpc) is 3.25. The molecule has 7 rings (SSSR count). The molecular weight excluding hydrogens is 583 g/mol. The summed E-state index contributed by atoms with van der Waals surface area (Å²) in [4.78, 5) is 7.61. The molecule has 4 heteroatoms. The summed E-state index contributed by atoms with van der Waals surface area (Å²) in [6.07, 6.45) is 6.87. The van der Waals surface area contributed by atoms with Crippen LogP contribution in [0.3, 0.4) is 0 Å². The molecule has 5 aromatic rings. The number of pyridine rings is 1. The van der Waals surface area contributed by atoms with Crippen LogP contribution in [0.5, 0.6) is 0 Å². The minimum atomic E-state index is 0. The Morgan fingerprint density at radius 1 is 0.970 bits per heavy atom. The van der Waals surface area contributed by atoms with Gasteiger partial charge < -0.3 is 9.30 Å². The summed E-state index contributed by atoms with van der Waals surface area (Å²) >= 11 is 0. The van der Waals surface area contributed by atoms with Gasteiger partial charge in [0.05, 0.1) is 11.3 Å². The zero-order valence-electron chi connectivity index (χ0n) is 19.0. The molecule has 0 aliphatic carbocycles. The van der Waals surface area contributed by atoms with Crippen molar-refractivity contribution in [2.24, 2.45) is 0 Å². The van der Waals surface area contributed by atoms with Crippen LogP contribution in [0.15, 0.2) is 48.7 Å². The third kappa shape index (κ3) is 2.87. The summed E-state index contributed by atoms with van der Waals surface area (Å²) in [5.41, 5.74) is 12.0. The molecule has 0 saturated heterocycles. The molecular formula is C29H26IrN3-. The molecule has 2 aromatic heterocycles. The van der Waals surface area contributed by atoms with Crippen LogP contribution in [0.25, 0.3) is 38.6 Å². The van der Waals surface area contributed by atoms with Crippen molar-refractivity contribution in [2.75, 3.05) is 18.0 Å². The number of nitrogens with zero attached hydrogens (tertiary/aromatic N) is 3. The van der Waals surface area contributed by atoms with Gasteiger partial charge in [0.2, 0.25) is 0 Å². The Morgan fingerprint density at radius 3 is 2.58 bits per heavy atom. The fourth-order valence-electron chi connectivity index (χ4n) is 6.32. The fraction of sp³-hybridized carbons (Fsp3) is 0.276. The Hall–Kier alpha value is -2.68. The van der Waals surface area contributed by atoms with Crippen LogP contribution in [0, 0.1) is 19.9 Å². The fourth-order valence-corrected chi connectivity index (χ4v) is 6.32. The molecule has 0 amide bonds. The van der Waals surface area contributed by atoms with Crippen molar-refractivity contribution in [1.29, 1.82) is 0 Å². The van der Waals surface area contributed by atoms with E-state index in [-0.39, 0.29) is 20.1 Å². The topological polar surface area (TPSA) is 20.5 Å². The van der Waals surface area contributed by atoms with Gasteiger partial charge in [0.25, 0.3) is 0 Å². The van der Waals surface area contributed by atoms with Crippen LogP contribution in [-0.2, 0) is 32.9 Å².